The van der Waals surface area contributed by atoms with Gasteiger partial charge < -0.3 is 9.30 Å². The van der Waals surface area contributed by atoms with E-state index in [9.17, 15) is 14.9 Å². The van der Waals surface area contributed by atoms with E-state index in [1.807, 2.05) is 28.8 Å². The van der Waals surface area contributed by atoms with Crippen molar-refractivity contribution >= 4 is 33.5 Å². The molecule has 0 radical (unpaired) electrons. The van der Waals surface area contributed by atoms with Crippen LogP contribution in [0.4, 0.5) is 5.69 Å². The lowest BCUT2D eigenvalue weighted by Crippen LogP contribution is -2.07. The lowest BCUT2D eigenvalue weighted by molar-refractivity contribution is -0.385. The highest BCUT2D eigenvalue weighted by Crippen LogP contribution is 2.31. The van der Waals surface area contributed by atoms with Gasteiger partial charge in [0, 0.05) is 27.9 Å². The van der Waals surface area contributed by atoms with Crippen LogP contribution in [0.2, 0.25) is 0 Å². The number of hydrogen-bond acceptors (Lipinski definition) is 5. The number of ether oxygens (including phenoxy) is 1. The Morgan fingerprint density at radius 2 is 1.86 bits per heavy atom. The molecule has 0 unspecified atom stereocenters. The summed E-state index contributed by atoms with van der Waals surface area (Å²) >= 11 is 0. The van der Waals surface area contributed by atoms with Gasteiger partial charge in [-0.25, -0.2) is 9.78 Å². The van der Waals surface area contributed by atoms with Gasteiger partial charge in [-0.1, -0.05) is 36.4 Å². The van der Waals surface area contributed by atoms with Crippen molar-refractivity contribution in [2.45, 2.75) is 13.5 Å². The van der Waals surface area contributed by atoms with Gasteiger partial charge in [-0.2, -0.15) is 0 Å². The van der Waals surface area contributed by atoms with E-state index in [1.54, 1.807) is 37.4 Å². The predicted octanol–water partition coefficient (Wildman–Crippen LogP) is 4.32. The summed E-state index contributed by atoms with van der Waals surface area (Å²) in [6, 6.07) is 16.1. The first-order valence-electron chi connectivity index (χ1n) is 8.86. The smallest absolute Gasteiger partial charge is 0.356 e. The summed E-state index contributed by atoms with van der Waals surface area (Å²) in [5, 5.41) is 13.2. The van der Waals surface area contributed by atoms with Gasteiger partial charge in [0.1, 0.15) is 5.69 Å². The van der Waals surface area contributed by atoms with Gasteiger partial charge in [0.25, 0.3) is 5.69 Å². The third-order valence-corrected chi connectivity index (χ3v) is 4.66. The topological polar surface area (TPSA) is 87.3 Å². The molecule has 0 fully saturated rings. The number of hydrogen-bond donors (Lipinski definition) is 0. The fourth-order valence-electron chi connectivity index (χ4n) is 3.43. The van der Waals surface area contributed by atoms with Crippen LogP contribution < -0.4 is 0 Å². The zero-order valence-electron chi connectivity index (χ0n) is 15.2. The summed E-state index contributed by atoms with van der Waals surface area (Å²) in [5.41, 5.74) is 2.63. The second-order valence-corrected chi connectivity index (χ2v) is 6.30. The molecule has 2 aromatic carbocycles. The van der Waals surface area contributed by atoms with Gasteiger partial charge in [-0.3, -0.25) is 10.1 Å². The Hall–Kier alpha value is -3.74. The monoisotopic (exact) mass is 375 g/mol. The van der Waals surface area contributed by atoms with Crippen LogP contribution in [-0.2, 0) is 11.3 Å². The standard InChI is InChI=1S/C21H17N3O4/c1-2-28-21(25)17-11-16-15-8-4-6-10-19(15)23(20(16)12-22-17)13-14-7-3-5-9-18(14)24(26)27/h3-12H,2,13H2,1H3. The first-order valence-corrected chi connectivity index (χ1v) is 8.86. The molecule has 0 bridgehead atoms. The maximum absolute atomic E-state index is 12.1. The number of para-hydroxylation sites is 2. The molecule has 0 amide bonds. The fraction of sp³-hybridized carbons (Fsp3) is 0.143. The molecule has 0 atom stereocenters. The minimum Gasteiger partial charge on any atom is -0.461 e. The molecule has 7 heteroatoms. The SMILES string of the molecule is CCOC(=O)c1cc2c3ccccc3n(Cc3ccccc3[N+](=O)[O-])c2cn1. The molecule has 0 N–H and O–H groups in total. The number of aromatic nitrogens is 2. The molecule has 140 valence electrons. The van der Waals surface area contributed by atoms with Crippen molar-refractivity contribution in [2.75, 3.05) is 6.61 Å². The van der Waals surface area contributed by atoms with Crippen molar-refractivity contribution in [1.29, 1.82) is 0 Å². The van der Waals surface area contributed by atoms with Crippen LogP contribution in [0.15, 0.2) is 60.8 Å². The third kappa shape index (κ3) is 2.96. The zero-order valence-corrected chi connectivity index (χ0v) is 15.2. The normalized spacial score (nSPS) is 11.0. The summed E-state index contributed by atoms with van der Waals surface area (Å²) in [6.45, 7) is 2.34. The summed E-state index contributed by atoms with van der Waals surface area (Å²) in [4.78, 5) is 27.3. The molecule has 0 aliphatic carbocycles. The maximum Gasteiger partial charge on any atom is 0.356 e. The number of nitro benzene ring substituents is 1. The second-order valence-electron chi connectivity index (χ2n) is 6.30. The van der Waals surface area contributed by atoms with Gasteiger partial charge in [-0.15, -0.1) is 0 Å². The van der Waals surface area contributed by atoms with E-state index in [0.29, 0.717) is 12.1 Å². The van der Waals surface area contributed by atoms with E-state index in [1.165, 1.54) is 6.07 Å². The third-order valence-electron chi connectivity index (χ3n) is 4.66. The summed E-state index contributed by atoms with van der Waals surface area (Å²) in [5.74, 6) is -0.472. The average Bonchev–Trinajstić information content (AvgIpc) is 3.02. The van der Waals surface area contributed by atoms with Crippen LogP contribution in [0.3, 0.4) is 0 Å². The second kappa shape index (κ2) is 7.11. The summed E-state index contributed by atoms with van der Waals surface area (Å²) < 4.78 is 7.03. The molecule has 28 heavy (non-hydrogen) atoms. The molecule has 4 rings (SSSR count). The van der Waals surface area contributed by atoms with Crippen molar-refractivity contribution in [3.8, 4) is 0 Å². The minimum absolute atomic E-state index is 0.0736. The minimum atomic E-state index is -0.472. The molecule has 0 saturated heterocycles. The van der Waals surface area contributed by atoms with Crippen LogP contribution in [-0.4, -0.2) is 27.1 Å². The molecular weight excluding hydrogens is 358 g/mol. The van der Waals surface area contributed by atoms with Crippen molar-refractivity contribution in [2.24, 2.45) is 0 Å². The van der Waals surface area contributed by atoms with E-state index in [0.717, 1.165) is 21.8 Å². The Bertz CT molecular complexity index is 1210. The quantitative estimate of drug-likeness (QED) is 0.294. The molecule has 0 aliphatic rings. The Balaban J connectivity index is 1.91. The highest BCUT2D eigenvalue weighted by atomic mass is 16.6. The number of fused-ring (bicyclic) bond motifs is 3. The van der Waals surface area contributed by atoms with Crippen molar-refractivity contribution in [3.63, 3.8) is 0 Å². The van der Waals surface area contributed by atoms with E-state index in [4.69, 9.17) is 4.74 Å². The molecule has 0 aliphatic heterocycles. The largest absolute Gasteiger partial charge is 0.461 e. The predicted molar refractivity (Wildman–Crippen MR) is 105 cm³/mol. The highest BCUT2D eigenvalue weighted by molar-refractivity contribution is 6.09. The van der Waals surface area contributed by atoms with Gasteiger partial charge in [0.2, 0.25) is 0 Å². The van der Waals surface area contributed by atoms with Gasteiger partial charge in [0.05, 0.1) is 29.8 Å². The van der Waals surface area contributed by atoms with E-state index >= 15 is 0 Å². The Kier molecular flexibility index (Phi) is 4.49. The maximum atomic E-state index is 12.1. The number of esters is 1. The van der Waals surface area contributed by atoms with Crippen LogP contribution in [0.1, 0.15) is 23.0 Å². The number of carbonyl (C=O) groups is 1. The molecule has 2 aromatic heterocycles. The van der Waals surface area contributed by atoms with E-state index in [2.05, 4.69) is 4.98 Å². The van der Waals surface area contributed by atoms with Crippen LogP contribution in [0.5, 0.6) is 0 Å². The lowest BCUT2D eigenvalue weighted by atomic mass is 10.1. The van der Waals surface area contributed by atoms with Crippen molar-refractivity contribution in [1.82, 2.24) is 9.55 Å². The zero-order chi connectivity index (χ0) is 19.7. The van der Waals surface area contributed by atoms with Gasteiger partial charge in [0.15, 0.2) is 0 Å². The van der Waals surface area contributed by atoms with Gasteiger partial charge >= 0.3 is 5.97 Å². The molecule has 2 heterocycles. The Labute approximate surface area is 160 Å². The fourth-order valence-corrected chi connectivity index (χ4v) is 3.43. The highest BCUT2D eigenvalue weighted by Gasteiger charge is 2.18. The number of nitrogens with zero attached hydrogens (tertiary/aromatic N) is 3. The summed E-state index contributed by atoms with van der Waals surface area (Å²) in [6.07, 6.45) is 1.62. The van der Waals surface area contributed by atoms with Gasteiger partial charge in [-0.05, 0) is 19.1 Å². The molecular formula is C21H17N3O4. The first-order chi connectivity index (χ1) is 13.6. The molecule has 4 aromatic rings. The molecule has 0 saturated carbocycles. The number of pyridine rings is 1. The van der Waals surface area contributed by atoms with E-state index in [-0.39, 0.29) is 22.9 Å². The molecule has 7 nitrogen and oxygen atoms in total. The van der Waals surface area contributed by atoms with Crippen molar-refractivity contribution in [3.05, 3.63) is 82.2 Å². The number of benzene rings is 2. The van der Waals surface area contributed by atoms with Crippen molar-refractivity contribution < 1.29 is 14.5 Å². The number of rotatable bonds is 5. The first kappa shape index (κ1) is 17.7. The average molecular weight is 375 g/mol. The number of carbonyl (C=O) groups excluding carboxylic acids is 1. The molecule has 0 spiro atoms. The van der Waals surface area contributed by atoms with Crippen LogP contribution >= 0.6 is 0 Å². The lowest BCUT2D eigenvalue weighted by Gasteiger charge is -2.08. The van der Waals surface area contributed by atoms with E-state index < -0.39 is 5.97 Å². The summed E-state index contributed by atoms with van der Waals surface area (Å²) in [7, 11) is 0. The Morgan fingerprint density at radius 1 is 1.11 bits per heavy atom. The van der Waals surface area contributed by atoms with Crippen LogP contribution in [0, 0.1) is 10.1 Å². The Morgan fingerprint density at radius 3 is 2.64 bits per heavy atom. The number of nitro groups is 1. The van der Waals surface area contributed by atoms with Crippen LogP contribution in [0.25, 0.3) is 21.8 Å².